The number of benzene rings is 2. The number of nitrogens with one attached hydrogen (secondary N) is 2. The number of rotatable bonds is 8. The zero-order valence-electron chi connectivity index (χ0n) is 16.5. The summed E-state index contributed by atoms with van der Waals surface area (Å²) in [6.45, 7) is 3.35. The number of nitrogens with zero attached hydrogens (tertiary/aromatic N) is 4. The van der Waals surface area contributed by atoms with Gasteiger partial charge in [-0.2, -0.15) is 5.10 Å². The number of carbonyl (C=O) groups excluding carboxylic acids is 2. The molecular weight excluding hydrogens is 402 g/mol. The molecule has 0 unspecified atom stereocenters. The number of hydrazone groups is 1. The number of hydrogen-bond acceptors (Lipinski definition) is 8. The maximum Gasteiger partial charge on any atom is 0.264 e. The summed E-state index contributed by atoms with van der Waals surface area (Å²) < 4.78 is 1.24. The quantitative estimate of drug-likeness (QED) is 0.167. The first-order valence-electron chi connectivity index (χ1n) is 9.04. The number of aromatic nitrogens is 3. The SMILES string of the molecule is CC(=O)c1ccc(NC(=O)CSc2nnc(N/N=C(\C)c3ccccc3)n2N)cc1. The summed E-state index contributed by atoms with van der Waals surface area (Å²) in [5, 5.41) is 15.3. The Morgan fingerprint density at radius 3 is 2.40 bits per heavy atom. The molecule has 4 N–H and O–H groups in total. The minimum Gasteiger partial charge on any atom is -0.334 e. The second kappa shape index (κ2) is 9.70. The van der Waals surface area contributed by atoms with E-state index >= 15 is 0 Å². The number of Topliss-reactive ketones (excluding diaryl/α,β-unsaturated/α-hetero) is 1. The van der Waals surface area contributed by atoms with E-state index in [0.717, 1.165) is 23.0 Å². The summed E-state index contributed by atoms with van der Waals surface area (Å²) in [6.07, 6.45) is 0. The summed E-state index contributed by atoms with van der Waals surface area (Å²) in [5.41, 5.74) is 5.71. The summed E-state index contributed by atoms with van der Waals surface area (Å²) in [5.74, 6) is 6.08. The van der Waals surface area contributed by atoms with Gasteiger partial charge in [-0.15, -0.1) is 10.2 Å². The lowest BCUT2D eigenvalue weighted by atomic mass is 10.1. The van der Waals surface area contributed by atoms with Gasteiger partial charge in [-0.25, -0.2) is 10.1 Å². The summed E-state index contributed by atoms with van der Waals surface area (Å²) in [6, 6.07) is 16.4. The minimum absolute atomic E-state index is 0.0292. The van der Waals surface area contributed by atoms with E-state index in [1.165, 1.54) is 11.6 Å². The van der Waals surface area contributed by atoms with Crippen LogP contribution in [0, 0.1) is 0 Å². The Labute approximate surface area is 177 Å². The normalized spacial score (nSPS) is 11.2. The van der Waals surface area contributed by atoms with Crippen LogP contribution in [0.5, 0.6) is 0 Å². The standard InChI is InChI=1S/C20H21N7O2S/c1-13(15-6-4-3-5-7-15)23-24-19-25-26-20(27(19)21)30-12-18(29)22-17-10-8-16(9-11-17)14(2)28/h3-11H,12,21H2,1-2H3,(H,22,29)(H,24,25)/b23-13+. The predicted molar refractivity (Wildman–Crippen MR) is 118 cm³/mol. The molecule has 9 nitrogen and oxygen atoms in total. The van der Waals surface area contributed by atoms with Crippen molar-refractivity contribution in [2.75, 3.05) is 22.3 Å². The van der Waals surface area contributed by atoms with Gasteiger partial charge in [-0.3, -0.25) is 9.59 Å². The van der Waals surface area contributed by atoms with E-state index in [1.54, 1.807) is 24.3 Å². The molecule has 0 spiro atoms. The number of carbonyl (C=O) groups is 2. The van der Waals surface area contributed by atoms with Crippen molar-refractivity contribution in [3.63, 3.8) is 0 Å². The molecule has 0 aliphatic rings. The minimum atomic E-state index is -0.231. The zero-order chi connectivity index (χ0) is 21.5. The fourth-order valence-corrected chi connectivity index (χ4v) is 3.10. The molecule has 154 valence electrons. The molecule has 0 saturated carbocycles. The van der Waals surface area contributed by atoms with Crippen molar-refractivity contribution in [1.82, 2.24) is 14.9 Å². The molecule has 0 aliphatic heterocycles. The highest BCUT2D eigenvalue weighted by Crippen LogP contribution is 2.18. The van der Waals surface area contributed by atoms with Crippen molar-refractivity contribution >= 4 is 40.8 Å². The topological polar surface area (TPSA) is 127 Å². The summed E-state index contributed by atoms with van der Waals surface area (Å²) in [7, 11) is 0. The first-order valence-corrected chi connectivity index (χ1v) is 10.0. The molecule has 2 aromatic carbocycles. The third-order valence-corrected chi connectivity index (χ3v) is 5.03. The summed E-state index contributed by atoms with van der Waals surface area (Å²) in [4.78, 5) is 23.5. The highest BCUT2D eigenvalue weighted by molar-refractivity contribution is 7.99. The van der Waals surface area contributed by atoms with Gasteiger partial charge >= 0.3 is 0 Å². The molecule has 0 fully saturated rings. The lowest BCUT2D eigenvalue weighted by Gasteiger charge is -2.06. The zero-order valence-corrected chi connectivity index (χ0v) is 17.3. The lowest BCUT2D eigenvalue weighted by Crippen LogP contribution is -2.17. The highest BCUT2D eigenvalue weighted by Gasteiger charge is 2.12. The van der Waals surface area contributed by atoms with E-state index in [4.69, 9.17) is 5.84 Å². The van der Waals surface area contributed by atoms with Crippen LogP contribution in [0.2, 0.25) is 0 Å². The average Bonchev–Trinajstić information content (AvgIpc) is 3.11. The van der Waals surface area contributed by atoms with Crippen LogP contribution in [-0.4, -0.2) is 38.0 Å². The van der Waals surface area contributed by atoms with Gasteiger partial charge in [0.15, 0.2) is 5.78 Å². The maximum atomic E-state index is 12.2. The van der Waals surface area contributed by atoms with Crippen LogP contribution in [0.1, 0.15) is 29.8 Å². The van der Waals surface area contributed by atoms with E-state index in [-0.39, 0.29) is 23.4 Å². The molecule has 0 saturated heterocycles. The van der Waals surface area contributed by atoms with E-state index in [9.17, 15) is 9.59 Å². The van der Waals surface area contributed by atoms with Crippen LogP contribution in [-0.2, 0) is 4.79 Å². The first-order chi connectivity index (χ1) is 14.4. The fourth-order valence-electron chi connectivity index (χ4n) is 2.44. The van der Waals surface area contributed by atoms with E-state index < -0.39 is 0 Å². The molecule has 1 aromatic heterocycles. The number of thioether (sulfide) groups is 1. The van der Waals surface area contributed by atoms with Crippen LogP contribution < -0.4 is 16.6 Å². The van der Waals surface area contributed by atoms with Gasteiger partial charge in [0.2, 0.25) is 11.1 Å². The number of anilines is 2. The molecule has 0 radical (unpaired) electrons. The average molecular weight is 424 g/mol. The van der Waals surface area contributed by atoms with Crippen molar-refractivity contribution in [3.05, 3.63) is 65.7 Å². The number of ketones is 1. The number of nitrogens with two attached hydrogens (primary N) is 1. The Hall–Kier alpha value is -3.66. The molecule has 1 amide bonds. The van der Waals surface area contributed by atoms with Crippen LogP contribution in [0.25, 0.3) is 0 Å². The molecule has 10 heteroatoms. The van der Waals surface area contributed by atoms with Gasteiger partial charge in [-0.05, 0) is 43.7 Å². The molecule has 3 rings (SSSR count). The molecule has 0 atom stereocenters. The first kappa shape index (κ1) is 21.1. The van der Waals surface area contributed by atoms with Crippen LogP contribution in [0.15, 0.2) is 64.9 Å². The second-order valence-corrected chi connectivity index (χ2v) is 7.26. The largest absolute Gasteiger partial charge is 0.334 e. The van der Waals surface area contributed by atoms with Crippen molar-refractivity contribution in [2.45, 2.75) is 19.0 Å². The van der Waals surface area contributed by atoms with Gasteiger partial charge in [0.05, 0.1) is 11.5 Å². The van der Waals surface area contributed by atoms with Gasteiger partial charge < -0.3 is 11.2 Å². The Balaban J connectivity index is 1.54. The van der Waals surface area contributed by atoms with Crippen LogP contribution in [0.4, 0.5) is 11.6 Å². The van der Waals surface area contributed by atoms with Gasteiger partial charge in [0.25, 0.3) is 5.95 Å². The van der Waals surface area contributed by atoms with Gasteiger partial charge in [0, 0.05) is 11.3 Å². The Bertz CT molecular complexity index is 1060. The Morgan fingerprint density at radius 2 is 1.73 bits per heavy atom. The fraction of sp³-hybridized carbons (Fsp3) is 0.150. The summed E-state index contributed by atoms with van der Waals surface area (Å²) >= 11 is 1.14. The molecule has 30 heavy (non-hydrogen) atoms. The molecule has 3 aromatic rings. The molecular formula is C20H21N7O2S. The molecule has 0 bridgehead atoms. The predicted octanol–water partition coefficient (Wildman–Crippen LogP) is 2.76. The second-order valence-electron chi connectivity index (χ2n) is 6.32. The van der Waals surface area contributed by atoms with Crippen molar-refractivity contribution in [2.24, 2.45) is 5.10 Å². The van der Waals surface area contributed by atoms with Crippen molar-refractivity contribution < 1.29 is 9.59 Å². The number of hydrogen-bond donors (Lipinski definition) is 3. The third kappa shape index (κ3) is 5.45. The third-order valence-electron chi connectivity index (χ3n) is 4.09. The smallest absolute Gasteiger partial charge is 0.264 e. The number of nitrogen functional groups attached to an aromatic ring is 1. The van der Waals surface area contributed by atoms with E-state index in [2.05, 4.69) is 26.0 Å². The Morgan fingerprint density at radius 1 is 1.03 bits per heavy atom. The highest BCUT2D eigenvalue weighted by atomic mass is 32.2. The molecule has 0 aliphatic carbocycles. The number of amides is 1. The molecule has 1 heterocycles. The Kier molecular flexibility index (Phi) is 6.81. The van der Waals surface area contributed by atoms with Gasteiger partial charge in [0.1, 0.15) is 0 Å². The van der Waals surface area contributed by atoms with Crippen molar-refractivity contribution in [3.8, 4) is 0 Å². The van der Waals surface area contributed by atoms with Crippen LogP contribution >= 0.6 is 11.8 Å². The van der Waals surface area contributed by atoms with E-state index in [0.29, 0.717) is 16.4 Å². The van der Waals surface area contributed by atoms with Crippen LogP contribution in [0.3, 0.4) is 0 Å². The van der Waals surface area contributed by atoms with Crippen molar-refractivity contribution in [1.29, 1.82) is 0 Å². The lowest BCUT2D eigenvalue weighted by molar-refractivity contribution is -0.113. The monoisotopic (exact) mass is 423 g/mol. The van der Waals surface area contributed by atoms with Gasteiger partial charge in [-0.1, -0.05) is 42.1 Å². The maximum absolute atomic E-state index is 12.2. The van der Waals surface area contributed by atoms with E-state index in [1.807, 2.05) is 37.3 Å².